The Balaban J connectivity index is 2.42. The zero-order valence-electron chi connectivity index (χ0n) is 9.52. The highest BCUT2D eigenvalue weighted by Crippen LogP contribution is 2.24. The van der Waals surface area contributed by atoms with Crippen molar-refractivity contribution in [3.63, 3.8) is 0 Å². The van der Waals surface area contributed by atoms with Crippen LogP contribution in [0.15, 0.2) is 47.6 Å². The Morgan fingerprint density at radius 2 is 1.82 bits per heavy atom. The van der Waals surface area contributed by atoms with Crippen LogP contribution in [0.4, 0.5) is 4.39 Å². The summed E-state index contributed by atoms with van der Waals surface area (Å²) in [6.07, 6.45) is 1.57. The molecule has 2 rings (SSSR count). The molecule has 86 valence electrons. The van der Waals surface area contributed by atoms with Crippen LogP contribution in [0.1, 0.15) is 11.1 Å². The Bertz CT molecular complexity index is 545. The van der Waals surface area contributed by atoms with E-state index in [1.54, 1.807) is 18.3 Å². The fourth-order valence-electron chi connectivity index (χ4n) is 1.74. The number of halogens is 1. The lowest BCUT2D eigenvalue weighted by atomic mass is 9.99. The Hall–Kier alpha value is -2.16. The van der Waals surface area contributed by atoms with Crippen molar-refractivity contribution >= 4 is 6.21 Å². The van der Waals surface area contributed by atoms with Gasteiger partial charge in [0.2, 0.25) is 0 Å². The van der Waals surface area contributed by atoms with Crippen LogP contribution in [0.5, 0.6) is 0 Å². The van der Waals surface area contributed by atoms with E-state index >= 15 is 0 Å². The molecule has 3 heteroatoms. The number of nitrogens with zero attached hydrogens (tertiary/aromatic N) is 1. The molecule has 2 nitrogen and oxygen atoms in total. The van der Waals surface area contributed by atoms with Crippen LogP contribution in [-0.2, 0) is 0 Å². The largest absolute Gasteiger partial charge is 0.323 e. The molecule has 0 heterocycles. The van der Waals surface area contributed by atoms with E-state index < -0.39 is 0 Å². The standard InChI is InChI=1S/C14H13FN2/c1-10-2-7-13(15)8-14(10)12-5-3-11(4-6-12)9-17-16/h2-9H,16H2,1H3. The topological polar surface area (TPSA) is 38.4 Å². The SMILES string of the molecule is Cc1ccc(F)cc1-c1ccc(C=NN)cc1. The molecule has 2 aromatic rings. The minimum Gasteiger partial charge on any atom is -0.323 e. The second-order valence-corrected chi connectivity index (χ2v) is 3.86. The summed E-state index contributed by atoms with van der Waals surface area (Å²) >= 11 is 0. The Labute approximate surface area is 99.6 Å². The van der Waals surface area contributed by atoms with E-state index in [2.05, 4.69) is 5.10 Å². The van der Waals surface area contributed by atoms with Crippen molar-refractivity contribution < 1.29 is 4.39 Å². The molecule has 2 N–H and O–H groups in total. The third-order valence-electron chi connectivity index (χ3n) is 2.64. The van der Waals surface area contributed by atoms with Crippen molar-refractivity contribution in [1.82, 2.24) is 0 Å². The Morgan fingerprint density at radius 1 is 1.12 bits per heavy atom. The predicted molar refractivity (Wildman–Crippen MR) is 68.4 cm³/mol. The summed E-state index contributed by atoms with van der Waals surface area (Å²) < 4.78 is 13.2. The minimum absolute atomic E-state index is 0.224. The number of hydrogen-bond acceptors (Lipinski definition) is 2. The van der Waals surface area contributed by atoms with Gasteiger partial charge in [-0.15, -0.1) is 0 Å². The second kappa shape index (κ2) is 4.78. The van der Waals surface area contributed by atoms with E-state index in [4.69, 9.17) is 5.84 Å². The first-order valence-corrected chi connectivity index (χ1v) is 5.30. The number of benzene rings is 2. The normalized spacial score (nSPS) is 10.9. The third-order valence-corrected chi connectivity index (χ3v) is 2.64. The molecule has 0 bridgehead atoms. The molecule has 0 saturated heterocycles. The van der Waals surface area contributed by atoms with Gasteiger partial charge in [0.25, 0.3) is 0 Å². The zero-order chi connectivity index (χ0) is 12.3. The highest BCUT2D eigenvalue weighted by Gasteiger charge is 2.03. The lowest BCUT2D eigenvalue weighted by Gasteiger charge is -2.06. The molecule has 0 amide bonds. The van der Waals surface area contributed by atoms with E-state index in [0.29, 0.717) is 0 Å². The summed E-state index contributed by atoms with van der Waals surface area (Å²) in [4.78, 5) is 0. The van der Waals surface area contributed by atoms with Crippen LogP contribution in [0.2, 0.25) is 0 Å². The van der Waals surface area contributed by atoms with E-state index in [9.17, 15) is 4.39 Å². The molecular weight excluding hydrogens is 215 g/mol. The first-order chi connectivity index (χ1) is 8.20. The average Bonchev–Trinajstić information content (AvgIpc) is 2.34. The Kier molecular flexibility index (Phi) is 3.19. The fourth-order valence-corrected chi connectivity index (χ4v) is 1.74. The lowest BCUT2D eigenvalue weighted by Crippen LogP contribution is -1.88. The summed E-state index contributed by atoms with van der Waals surface area (Å²) in [5.41, 5.74) is 3.86. The van der Waals surface area contributed by atoms with Gasteiger partial charge < -0.3 is 5.84 Å². The predicted octanol–water partition coefficient (Wildman–Crippen LogP) is 3.09. The molecular formula is C14H13FN2. The average molecular weight is 228 g/mol. The van der Waals surface area contributed by atoms with Crippen molar-refractivity contribution in [3.8, 4) is 11.1 Å². The second-order valence-electron chi connectivity index (χ2n) is 3.86. The fraction of sp³-hybridized carbons (Fsp3) is 0.0714. The van der Waals surface area contributed by atoms with Crippen LogP contribution in [0, 0.1) is 12.7 Å². The van der Waals surface area contributed by atoms with Gasteiger partial charge in [0.15, 0.2) is 0 Å². The molecule has 0 fully saturated rings. The van der Waals surface area contributed by atoms with E-state index in [-0.39, 0.29) is 5.82 Å². The highest BCUT2D eigenvalue weighted by atomic mass is 19.1. The van der Waals surface area contributed by atoms with Crippen LogP contribution < -0.4 is 5.84 Å². The van der Waals surface area contributed by atoms with Crippen LogP contribution in [0.25, 0.3) is 11.1 Å². The molecule has 0 aliphatic rings. The van der Waals surface area contributed by atoms with Crippen molar-refractivity contribution in [2.24, 2.45) is 10.9 Å². The van der Waals surface area contributed by atoms with Gasteiger partial charge in [-0.2, -0.15) is 5.10 Å². The van der Waals surface area contributed by atoms with E-state index in [0.717, 1.165) is 22.3 Å². The maximum Gasteiger partial charge on any atom is 0.123 e. The van der Waals surface area contributed by atoms with Gasteiger partial charge in [-0.05, 0) is 41.3 Å². The van der Waals surface area contributed by atoms with Crippen LogP contribution in [0.3, 0.4) is 0 Å². The monoisotopic (exact) mass is 228 g/mol. The summed E-state index contributed by atoms with van der Waals surface area (Å²) in [5, 5.41) is 3.46. The van der Waals surface area contributed by atoms with Crippen molar-refractivity contribution in [2.75, 3.05) is 0 Å². The number of aryl methyl sites for hydroxylation is 1. The number of rotatable bonds is 2. The highest BCUT2D eigenvalue weighted by molar-refractivity contribution is 5.81. The molecule has 17 heavy (non-hydrogen) atoms. The van der Waals surface area contributed by atoms with Gasteiger partial charge in [-0.3, -0.25) is 0 Å². The van der Waals surface area contributed by atoms with Gasteiger partial charge in [0.1, 0.15) is 5.82 Å². The van der Waals surface area contributed by atoms with Gasteiger partial charge in [0.05, 0.1) is 6.21 Å². The lowest BCUT2D eigenvalue weighted by molar-refractivity contribution is 0.628. The van der Waals surface area contributed by atoms with E-state index in [1.807, 2.05) is 31.2 Å². The molecule has 0 unspecified atom stereocenters. The third kappa shape index (κ3) is 2.50. The van der Waals surface area contributed by atoms with Crippen LogP contribution >= 0.6 is 0 Å². The molecule has 0 aliphatic heterocycles. The van der Waals surface area contributed by atoms with Crippen molar-refractivity contribution in [1.29, 1.82) is 0 Å². The summed E-state index contributed by atoms with van der Waals surface area (Å²) in [6, 6.07) is 12.4. The molecule has 0 spiro atoms. The Morgan fingerprint density at radius 3 is 2.47 bits per heavy atom. The van der Waals surface area contributed by atoms with Gasteiger partial charge in [-0.25, -0.2) is 4.39 Å². The molecule has 0 aromatic heterocycles. The minimum atomic E-state index is -0.224. The van der Waals surface area contributed by atoms with Crippen LogP contribution in [-0.4, -0.2) is 6.21 Å². The first-order valence-electron chi connectivity index (χ1n) is 5.30. The molecule has 0 saturated carbocycles. The van der Waals surface area contributed by atoms with Crippen molar-refractivity contribution in [3.05, 3.63) is 59.4 Å². The molecule has 0 radical (unpaired) electrons. The zero-order valence-corrected chi connectivity index (χ0v) is 9.52. The van der Waals surface area contributed by atoms with Crippen molar-refractivity contribution in [2.45, 2.75) is 6.92 Å². The van der Waals surface area contributed by atoms with E-state index in [1.165, 1.54) is 6.07 Å². The summed E-state index contributed by atoms with van der Waals surface area (Å²) in [5.74, 6) is 4.85. The molecule has 0 aliphatic carbocycles. The maximum atomic E-state index is 13.2. The van der Waals surface area contributed by atoms with Gasteiger partial charge in [0, 0.05) is 0 Å². The number of hydrogen-bond donors (Lipinski definition) is 1. The quantitative estimate of drug-likeness (QED) is 0.479. The summed E-state index contributed by atoms with van der Waals surface area (Å²) in [6.45, 7) is 1.96. The molecule has 2 aromatic carbocycles. The van der Waals surface area contributed by atoms with Gasteiger partial charge >= 0.3 is 0 Å². The number of hydrazone groups is 1. The van der Waals surface area contributed by atoms with Gasteiger partial charge in [-0.1, -0.05) is 30.3 Å². The smallest absolute Gasteiger partial charge is 0.123 e. The first kappa shape index (κ1) is 11.3. The number of nitrogens with two attached hydrogens (primary N) is 1. The summed E-state index contributed by atoms with van der Waals surface area (Å²) in [7, 11) is 0. The molecule has 0 atom stereocenters. The maximum absolute atomic E-state index is 13.2.